The molecule has 2 aliphatic rings. The van der Waals surface area contributed by atoms with Gasteiger partial charge in [-0.1, -0.05) is 41.4 Å². The van der Waals surface area contributed by atoms with Crippen molar-refractivity contribution < 1.29 is 27.6 Å². The van der Waals surface area contributed by atoms with Gasteiger partial charge in [-0.2, -0.15) is 13.2 Å². The fourth-order valence-electron chi connectivity index (χ4n) is 5.36. The molecule has 0 aliphatic carbocycles. The largest absolute Gasteiger partial charge is 0.416 e. The Morgan fingerprint density at radius 1 is 1.15 bits per heavy atom. The first-order chi connectivity index (χ1) is 19.0. The molecule has 0 unspecified atom stereocenters. The number of carbonyl (C=O) groups is 3. The fraction of sp³-hybridized carbons (Fsp3) is 0.464. The smallest absolute Gasteiger partial charge is 0.334 e. The Balaban J connectivity index is 1.56. The van der Waals surface area contributed by atoms with E-state index in [1.54, 1.807) is 30.0 Å². The number of rotatable bonds is 8. The molecule has 2 aromatic rings. The standard InChI is InChI=1S/C28H33ClF3N5O3/c1-18-12-19(14-21(13-18)28(30,31)32)15-34-27(40)36-11-9-25(38)37-23(8-4-5-10-33)26(39)35(17-24(36)37)16-20-6-2-3-7-22(20)29/h2-3,6-7,12-14,23-24H,4-5,8-11,15-17,33H2,1H3,(H,34,40)/t23-,24+/m0/s1. The van der Waals surface area contributed by atoms with Crippen molar-refractivity contribution in [3.8, 4) is 0 Å². The molecule has 0 aromatic heterocycles. The van der Waals surface area contributed by atoms with Gasteiger partial charge in [0.25, 0.3) is 0 Å². The second-order valence-corrected chi connectivity index (χ2v) is 10.6. The molecule has 2 aliphatic heterocycles. The van der Waals surface area contributed by atoms with Crippen molar-refractivity contribution in [2.45, 2.75) is 64.1 Å². The van der Waals surface area contributed by atoms with Gasteiger partial charge in [0.15, 0.2) is 0 Å². The summed E-state index contributed by atoms with van der Waals surface area (Å²) in [6.45, 7) is 2.31. The van der Waals surface area contributed by atoms with Crippen molar-refractivity contribution in [2.24, 2.45) is 5.73 Å². The highest BCUT2D eigenvalue weighted by Crippen LogP contribution is 2.32. The number of hydrogen-bond donors (Lipinski definition) is 2. The van der Waals surface area contributed by atoms with Crippen LogP contribution in [0.5, 0.6) is 0 Å². The number of benzene rings is 2. The molecule has 3 N–H and O–H groups in total. The SMILES string of the molecule is Cc1cc(CNC(=O)N2CCC(=O)N3[C@@H]2CN(Cc2ccccc2Cl)C(=O)[C@@H]3CCCCN)cc(C(F)(F)F)c1. The summed E-state index contributed by atoms with van der Waals surface area (Å²) in [6.07, 6.45) is -3.48. The summed E-state index contributed by atoms with van der Waals surface area (Å²) in [4.78, 5) is 44.7. The second kappa shape index (κ2) is 12.5. The molecule has 0 radical (unpaired) electrons. The van der Waals surface area contributed by atoms with E-state index >= 15 is 0 Å². The van der Waals surface area contributed by atoms with Gasteiger partial charge in [-0.25, -0.2) is 4.79 Å². The van der Waals surface area contributed by atoms with Crippen LogP contribution in [0.15, 0.2) is 42.5 Å². The van der Waals surface area contributed by atoms with E-state index in [0.29, 0.717) is 42.0 Å². The number of carbonyl (C=O) groups excluding carboxylic acids is 3. The maximum Gasteiger partial charge on any atom is 0.416 e. The normalized spacial score (nSPS) is 19.6. The molecule has 2 atom stereocenters. The average Bonchev–Trinajstić information content (AvgIpc) is 2.90. The molecule has 4 rings (SSSR count). The van der Waals surface area contributed by atoms with Gasteiger partial charge in [-0.3, -0.25) is 9.59 Å². The number of hydrogen-bond acceptors (Lipinski definition) is 4. The van der Waals surface area contributed by atoms with Gasteiger partial charge in [0, 0.05) is 31.1 Å². The molecule has 12 heteroatoms. The van der Waals surface area contributed by atoms with Crippen LogP contribution < -0.4 is 11.1 Å². The minimum atomic E-state index is -4.50. The quantitative estimate of drug-likeness (QED) is 0.456. The third-order valence-corrected chi connectivity index (χ3v) is 7.64. The van der Waals surface area contributed by atoms with E-state index in [9.17, 15) is 27.6 Å². The van der Waals surface area contributed by atoms with Crippen LogP contribution in [0.25, 0.3) is 0 Å². The predicted octanol–water partition coefficient (Wildman–Crippen LogP) is 4.28. The molecule has 2 fully saturated rings. The van der Waals surface area contributed by atoms with Crippen LogP contribution in [0.3, 0.4) is 0 Å². The summed E-state index contributed by atoms with van der Waals surface area (Å²) in [5, 5.41) is 3.22. The number of alkyl halides is 3. The summed E-state index contributed by atoms with van der Waals surface area (Å²) in [5.74, 6) is -0.436. The fourth-order valence-corrected chi connectivity index (χ4v) is 5.55. The van der Waals surface area contributed by atoms with Crippen LogP contribution in [0.1, 0.15) is 47.9 Å². The molecular formula is C28H33ClF3N5O3. The number of fused-ring (bicyclic) bond motifs is 1. The van der Waals surface area contributed by atoms with Crippen molar-refractivity contribution in [3.63, 3.8) is 0 Å². The zero-order valence-corrected chi connectivity index (χ0v) is 23.0. The highest BCUT2D eigenvalue weighted by molar-refractivity contribution is 6.31. The molecule has 4 amide bonds. The van der Waals surface area contributed by atoms with E-state index < -0.39 is 30.0 Å². The van der Waals surface area contributed by atoms with Crippen LogP contribution in [-0.4, -0.2) is 64.4 Å². The molecule has 0 bridgehead atoms. The van der Waals surface area contributed by atoms with Gasteiger partial charge in [-0.05, 0) is 62.1 Å². The lowest BCUT2D eigenvalue weighted by atomic mass is 9.98. The van der Waals surface area contributed by atoms with E-state index in [2.05, 4.69) is 5.32 Å². The van der Waals surface area contributed by atoms with Gasteiger partial charge >= 0.3 is 12.2 Å². The number of nitrogens with one attached hydrogen (secondary N) is 1. The number of amides is 4. The summed E-state index contributed by atoms with van der Waals surface area (Å²) < 4.78 is 39.8. The van der Waals surface area contributed by atoms with Gasteiger partial charge in [0.2, 0.25) is 11.8 Å². The van der Waals surface area contributed by atoms with E-state index in [1.165, 1.54) is 9.80 Å². The number of halogens is 4. The van der Waals surface area contributed by atoms with E-state index in [1.807, 2.05) is 12.1 Å². The number of aryl methyl sites for hydroxylation is 1. The Hall–Kier alpha value is -3.31. The molecule has 216 valence electrons. The van der Waals surface area contributed by atoms with Crippen molar-refractivity contribution >= 4 is 29.4 Å². The van der Waals surface area contributed by atoms with Crippen LogP contribution in [0.2, 0.25) is 5.02 Å². The first-order valence-corrected chi connectivity index (χ1v) is 13.6. The van der Waals surface area contributed by atoms with Gasteiger partial charge < -0.3 is 25.8 Å². The first kappa shape index (κ1) is 29.7. The molecule has 2 aromatic carbocycles. The molecule has 0 spiro atoms. The second-order valence-electron chi connectivity index (χ2n) is 10.2. The Kier molecular flexibility index (Phi) is 9.25. The third-order valence-electron chi connectivity index (χ3n) is 7.27. The topological polar surface area (TPSA) is 99.0 Å². The van der Waals surface area contributed by atoms with Crippen LogP contribution >= 0.6 is 11.6 Å². The molecule has 0 saturated carbocycles. The third kappa shape index (κ3) is 6.69. The Morgan fingerprint density at radius 2 is 1.90 bits per heavy atom. The number of nitrogens with zero attached hydrogens (tertiary/aromatic N) is 3. The summed E-state index contributed by atoms with van der Waals surface area (Å²) in [5.41, 5.74) is 6.35. The highest BCUT2D eigenvalue weighted by Gasteiger charge is 2.48. The molecule has 8 nitrogen and oxygen atoms in total. The highest BCUT2D eigenvalue weighted by atomic mass is 35.5. The summed E-state index contributed by atoms with van der Waals surface area (Å²) >= 11 is 6.36. The van der Waals surface area contributed by atoms with Crippen LogP contribution in [0, 0.1) is 6.92 Å². The van der Waals surface area contributed by atoms with E-state index in [4.69, 9.17) is 17.3 Å². The van der Waals surface area contributed by atoms with Crippen LogP contribution in [0.4, 0.5) is 18.0 Å². The molecular weight excluding hydrogens is 547 g/mol. The number of nitrogens with two attached hydrogens (primary N) is 1. The lowest BCUT2D eigenvalue weighted by Gasteiger charge is -2.52. The average molecular weight is 580 g/mol. The van der Waals surface area contributed by atoms with Gasteiger partial charge in [0.05, 0.1) is 12.1 Å². The van der Waals surface area contributed by atoms with Crippen molar-refractivity contribution in [1.29, 1.82) is 0 Å². The number of piperazine rings is 1. The van der Waals surface area contributed by atoms with Crippen molar-refractivity contribution in [1.82, 2.24) is 20.0 Å². The van der Waals surface area contributed by atoms with Crippen LogP contribution in [-0.2, 0) is 28.9 Å². The Morgan fingerprint density at radius 3 is 2.60 bits per heavy atom. The molecule has 2 saturated heterocycles. The zero-order chi connectivity index (χ0) is 29.0. The van der Waals surface area contributed by atoms with Gasteiger partial charge in [0.1, 0.15) is 12.2 Å². The first-order valence-electron chi connectivity index (χ1n) is 13.2. The maximum atomic E-state index is 13.6. The number of unbranched alkanes of at least 4 members (excludes halogenated alkanes) is 1. The molecule has 40 heavy (non-hydrogen) atoms. The van der Waals surface area contributed by atoms with E-state index in [-0.39, 0.29) is 44.4 Å². The maximum absolute atomic E-state index is 13.6. The van der Waals surface area contributed by atoms with Gasteiger partial charge in [-0.15, -0.1) is 0 Å². The minimum absolute atomic E-state index is 0.0395. The van der Waals surface area contributed by atoms with Crippen molar-refractivity contribution in [2.75, 3.05) is 19.6 Å². The summed E-state index contributed by atoms with van der Waals surface area (Å²) in [6, 6.07) is 9.52. The predicted molar refractivity (Wildman–Crippen MR) is 144 cm³/mol. The number of urea groups is 1. The van der Waals surface area contributed by atoms with E-state index in [0.717, 1.165) is 17.7 Å². The monoisotopic (exact) mass is 579 g/mol. The summed E-state index contributed by atoms with van der Waals surface area (Å²) in [7, 11) is 0. The minimum Gasteiger partial charge on any atom is -0.334 e. The molecule has 2 heterocycles. The Labute approximate surface area is 236 Å². The lowest BCUT2D eigenvalue weighted by Crippen LogP contribution is -2.71. The van der Waals surface area contributed by atoms with Crippen molar-refractivity contribution in [3.05, 3.63) is 69.7 Å². The Bertz CT molecular complexity index is 1260. The lowest BCUT2D eigenvalue weighted by molar-refractivity contribution is -0.167. The zero-order valence-electron chi connectivity index (χ0n) is 22.2.